The van der Waals surface area contributed by atoms with Crippen LogP contribution in [-0.2, 0) is 9.59 Å². The minimum absolute atomic E-state index is 0.235. The summed E-state index contributed by atoms with van der Waals surface area (Å²) in [6, 6.07) is -1.32. The lowest BCUT2D eigenvalue weighted by molar-refractivity contribution is -0.613. The van der Waals surface area contributed by atoms with Gasteiger partial charge < -0.3 is 0 Å². The third-order valence-electron chi connectivity index (χ3n) is 1.15. The number of hydrazine groups is 2. The van der Waals surface area contributed by atoms with Crippen molar-refractivity contribution in [3.63, 3.8) is 0 Å². The zero-order valence-corrected chi connectivity index (χ0v) is 6.80. The van der Waals surface area contributed by atoms with Crippen LogP contribution in [0.4, 0.5) is 4.79 Å². The van der Waals surface area contributed by atoms with E-state index in [0.29, 0.717) is 0 Å². The Hall–Kier alpha value is -2.07. The third-order valence-corrected chi connectivity index (χ3v) is 1.15. The minimum Gasteiger partial charge on any atom is -0.274 e. The van der Waals surface area contributed by atoms with E-state index in [1.54, 1.807) is 5.32 Å². The summed E-state index contributed by atoms with van der Waals surface area (Å²) in [7, 11) is 0. The number of rotatable bonds is 1. The number of imide groups is 2. The van der Waals surface area contributed by atoms with E-state index in [4.69, 9.17) is 0 Å². The molecule has 1 saturated heterocycles. The Bertz CT molecular complexity index is 268. The lowest BCUT2D eigenvalue weighted by atomic mass is 10.3. The highest BCUT2D eigenvalue weighted by Gasteiger charge is 2.39. The summed E-state index contributed by atoms with van der Waals surface area (Å²) in [6.45, 7) is 0. The predicted octanol–water partition coefficient (Wildman–Crippen LogP) is -2.53. The lowest BCUT2D eigenvalue weighted by Crippen LogP contribution is -2.54. The highest BCUT2D eigenvalue weighted by Crippen LogP contribution is 2.01. The smallest absolute Gasteiger partial charge is 0.274 e. The van der Waals surface area contributed by atoms with Crippen LogP contribution in [0.1, 0.15) is 6.42 Å². The van der Waals surface area contributed by atoms with Crippen LogP contribution in [0.15, 0.2) is 0 Å². The van der Waals surface area contributed by atoms with Crippen LogP contribution in [0.3, 0.4) is 0 Å². The fraction of sp³-hybridized carbons (Fsp3) is 0.250. The van der Waals surface area contributed by atoms with Crippen molar-refractivity contribution in [1.82, 2.24) is 10.3 Å². The first kappa shape index (κ1) is 11.9. The molecule has 78 valence electrons. The Morgan fingerprint density at radius 3 is 2.21 bits per heavy atom. The molecule has 1 aliphatic heterocycles. The van der Waals surface area contributed by atoms with Crippen molar-refractivity contribution in [1.29, 1.82) is 0 Å². The average Bonchev–Trinajstić information content (AvgIpc) is 2.04. The molecule has 0 unspecified atom stereocenters. The Morgan fingerprint density at radius 2 is 1.86 bits per heavy atom. The maximum atomic E-state index is 10.7. The first-order valence-corrected chi connectivity index (χ1v) is 3.17. The maximum Gasteiger partial charge on any atom is 0.391 e. The van der Waals surface area contributed by atoms with Gasteiger partial charge in [-0.05, 0) is 0 Å². The van der Waals surface area contributed by atoms with Crippen LogP contribution in [-0.4, -0.2) is 27.9 Å². The molecule has 10 nitrogen and oxygen atoms in total. The number of amides is 4. The quantitative estimate of drug-likeness (QED) is 0.184. The Kier molecular flexibility index (Phi) is 4.12. The van der Waals surface area contributed by atoms with Crippen molar-refractivity contribution in [2.45, 2.75) is 6.42 Å². The highest BCUT2D eigenvalue weighted by atomic mass is 16.7. The molecule has 1 heterocycles. The van der Waals surface area contributed by atoms with Gasteiger partial charge in [-0.25, -0.2) is 14.9 Å². The number of hydrogen-bond donors (Lipinski definition) is 3. The zero-order chi connectivity index (χ0) is 11.3. The topological polar surface area (TPSA) is 162 Å². The van der Waals surface area contributed by atoms with E-state index in [9.17, 15) is 24.5 Å². The van der Waals surface area contributed by atoms with E-state index in [2.05, 4.69) is 11.7 Å². The number of nitrogens with two attached hydrogens (primary N) is 2. The molecule has 0 aliphatic carbocycles. The zero-order valence-electron chi connectivity index (χ0n) is 6.80. The summed E-state index contributed by atoms with van der Waals surface area (Å²) in [5.74, 6) is 6.04. The van der Waals surface area contributed by atoms with Gasteiger partial charge in [0.25, 0.3) is 0 Å². The molecular formula is C4H7N5O5. The van der Waals surface area contributed by atoms with Crippen LogP contribution in [0.25, 0.3) is 0 Å². The van der Waals surface area contributed by atoms with Gasteiger partial charge >= 0.3 is 11.9 Å². The SMILES string of the molecule is NN.O=C1CC(=O)N([N+](=O)[O-])C(=O)N1. The molecule has 10 heteroatoms. The largest absolute Gasteiger partial charge is 0.391 e. The summed E-state index contributed by atoms with van der Waals surface area (Å²) in [6.07, 6.45) is -0.674. The number of carbonyl (C=O) groups is 3. The fourth-order valence-electron chi connectivity index (χ4n) is 0.707. The summed E-state index contributed by atoms with van der Waals surface area (Å²) < 4.78 is 0. The second-order valence-corrected chi connectivity index (χ2v) is 1.97. The van der Waals surface area contributed by atoms with Crippen LogP contribution in [0.2, 0.25) is 0 Å². The summed E-state index contributed by atoms with van der Waals surface area (Å²) in [5.41, 5.74) is 0. The molecule has 0 atom stereocenters. The van der Waals surface area contributed by atoms with Crippen molar-refractivity contribution < 1.29 is 19.4 Å². The molecule has 0 saturated carbocycles. The van der Waals surface area contributed by atoms with Crippen molar-refractivity contribution >= 4 is 17.8 Å². The van der Waals surface area contributed by atoms with Crippen LogP contribution in [0.5, 0.6) is 0 Å². The Labute approximate surface area is 76.9 Å². The van der Waals surface area contributed by atoms with E-state index >= 15 is 0 Å². The van der Waals surface area contributed by atoms with Crippen LogP contribution in [0, 0.1) is 10.1 Å². The molecule has 5 N–H and O–H groups in total. The first-order chi connectivity index (χ1) is 6.52. The van der Waals surface area contributed by atoms with Crippen molar-refractivity contribution in [2.75, 3.05) is 0 Å². The van der Waals surface area contributed by atoms with Gasteiger partial charge in [-0.15, -0.1) is 0 Å². The van der Waals surface area contributed by atoms with Crippen LogP contribution >= 0.6 is 0 Å². The van der Waals surface area contributed by atoms with Crippen molar-refractivity contribution in [3.8, 4) is 0 Å². The highest BCUT2D eigenvalue weighted by molar-refractivity contribution is 6.13. The molecule has 1 aliphatic rings. The van der Waals surface area contributed by atoms with Gasteiger partial charge in [-0.1, -0.05) is 0 Å². The average molecular weight is 205 g/mol. The molecule has 1 rings (SSSR count). The number of barbiturate groups is 1. The number of nitrogens with zero attached hydrogens (tertiary/aromatic N) is 2. The Morgan fingerprint density at radius 1 is 1.36 bits per heavy atom. The number of nitrogens with one attached hydrogen (secondary N) is 1. The van der Waals surface area contributed by atoms with Gasteiger partial charge in [0, 0.05) is 5.01 Å². The second kappa shape index (κ2) is 4.84. The van der Waals surface area contributed by atoms with E-state index in [1.807, 2.05) is 0 Å². The molecule has 14 heavy (non-hydrogen) atoms. The van der Waals surface area contributed by atoms with Gasteiger partial charge in [0.2, 0.25) is 5.91 Å². The molecule has 0 aromatic heterocycles. The van der Waals surface area contributed by atoms with Crippen LogP contribution < -0.4 is 17.0 Å². The van der Waals surface area contributed by atoms with Gasteiger partial charge in [0.15, 0.2) is 5.03 Å². The standard InChI is InChI=1S/C4H3N3O5.H4N2/c8-2-1-3(9)6(7(11)12)4(10)5-2;1-2/h1H2,(H,5,8,10);1-2H2. The number of nitro groups is 1. The lowest BCUT2D eigenvalue weighted by Gasteiger charge is -2.14. The molecule has 0 spiro atoms. The second-order valence-electron chi connectivity index (χ2n) is 1.97. The molecule has 0 bridgehead atoms. The summed E-state index contributed by atoms with van der Waals surface area (Å²) in [4.78, 5) is 41.7. The maximum absolute atomic E-state index is 10.7. The fourth-order valence-corrected chi connectivity index (χ4v) is 0.707. The van der Waals surface area contributed by atoms with Gasteiger partial charge in [-0.2, -0.15) is 0 Å². The monoisotopic (exact) mass is 205 g/mol. The van der Waals surface area contributed by atoms with E-state index in [0.717, 1.165) is 0 Å². The summed E-state index contributed by atoms with van der Waals surface area (Å²) >= 11 is 0. The number of hydrogen-bond acceptors (Lipinski definition) is 7. The van der Waals surface area contributed by atoms with Gasteiger partial charge in [0.1, 0.15) is 6.42 Å². The molecule has 4 amide bonds. The number of urea groups is 1. The Balaban J connectivity index is 0.000000791. The molecule has 0 aromatic carbocycles. The number of carbonyl (C=O) groups excluding carboxylic acids is 3. The van der Waals surface area contributed by atoms with Gasteiger partial charge in [0.05, 0.1) is 0 Å². The van der Waals surface area contributed by atoms with Crippen molar-refractivity contribution in [3.05, 3.63) is 10.1 Å². The van der Waals surface area contributed by atoms with E-state index in [1.165, 1.54) is 0 Å². The molecule has 0 radical (unpaired) electrons. The van der Waals surface area contributed by atoms with E-state index < -0.39 is 29.3 Å². The molecule has 1 fully saturated rings. The third kappa shape index (κ3) is 2.46. The van der Waals surface area contributed by atoms with Gasteiger partial charge in [-0.3, -0.25) is 26.6 Å². The van der Waals surface area contributed by atoms with E-state index in [-0.39, 0.29) is 5.01 Å². The molecular weight excluding hydrogens is 198 g/mol. The molecule has 0 aromatic rings. The summed E-state index contributed by atoms with van der Waals surface area (Å²) in [5, 5.41) is 10.2. The van der Waals surface area contributed by atoms with Crippen molar-refractivity contribution in [2.24, 2.45) is 11.7 Å². The normalized spacial score (nSPS) is 15.6. The minimum atomic E-state index is -1.32. The predicted molar refractivity (Wildman–Crippen MR) is 40.4 cm³/mol. The first-order valence-electron chi connectivity index (χ1n) is 3.17.